The van der Waals surface area contributed by atoms with Gasteiger partial charge in [0.15, 0.2) is 0 Å². The molecular formula is C16H25NO2. The molecule has 4 bridgehead atoms. The summed E-state index contributed by atoms with van der Waals surface area (Å²) in [6.45, 7) is 3.03. The van der Waals surface area contributed by atoms with E-state index >= 15 is 0 Å². The Morgan fingerprint density at radius 3 is 2.74 bits per heavy atom. The smallest absolute Gasteiger partial charge is 0.311 e. The number of carbonyl (C=O) groups excluding carboxylic acids is 1. The first-order valence-electron chi connectivity index (χ1n) is 7.88. The van der Waals surface area contributed by atoms with E-state index in [-0.39, 0.29) is 11.4 Å². The SMILES string of the molecule is COC(=O)C1(C)CC2CC1C1C3CC(CN)C(C3)C21. The minimum absolute atomic E-state index is 0.0385. The molecule has 4 fully saturated rings. The van der Waals surface area contributed by atoms with Gasteiger partial charge in [-0.2, -0.15) is 0 Å². The van der Waals surface area contributed by atoms with Crippen LogP contribution in [0.5, 0.6) is 0 Å². The monoisotopic (exact) mass is 263 g/mol. The van der Waals surface area contributed by atoms with Crippen molar-refractivity contribution in [1.82, 2.24) is 0 Å². The van der Waals surface area contributed by atoms with Crippen LogP contribution in [0.15, 0.2) is 0 Å². The van der Waals surface area contributed by atoms with Crippen LogP contribution >= 0.6 is 0 Å². The summed E-state index contributed by atoms with van der Waals surface area (Å²) in [4.78, 5) is 12.2. The normalized spacial score (nSPS) is 57.5. The van der Waals surface area contributed by atoms with E-state index in [2.05, 4.69) is 6.92 Å². The summed E-state index contributed by atoms with van der Waals surface area (Å²) >= 11 is 0. The second-order valence-electron chi connectivity index (χ2n) is 7.76. The largest absolute Gasteiger partial charge is 0.469 e. The van der Waals surface area contributed by atoms with Gasteiger partial charge in [0.25, 0.3) is 0 Å². The molecule has 0 aromatic heterocycles. The molecule has 0 aromatic rings. The molecule has 4 rings (SSSR count). The van der Waals surface area contributed by atoms with Crippen molar-refractivity contribution in [1.29, 1.82) is 0 Å². The molecule has 0 spiro atoms. The molecule has 4 aliphatic carbocycles. The van der Waals surface area contributed by atoms with Crippen molar-refractivity contribution >= 4 is 5.97 Å². The number of fused-ring (bicyclic) bond motifs is 9. The Kier molecular flexibility index (Phi) is 2.41. The fourth-order valence-corrected chi connectivity index (χ4v) is 6.83. The molecule has 2 N–H and O–H groups in total. The first kappa shape index (κ1) is 12.2. The van der Waals surface area contributed by atoms with Gasteiger partial charge in [0.05, 0.1) is 12.5 Å². The number of ether oxygens (including phenoxy) is 1. The highest BCUT2D eigenvalue weighted by molar-refractivity contribution is 5.77. The second-order valence-corrected chi connectivity index (χ2v) is 7.76. The third-order valence-electron chi connectivity index (χ3n) is 7.29. The number of nitrogens with two attached hydrogens (primary N) is 1. The first-order chi connectivity index (χ1) is 9.10. The highest BCUT2D eigenvalue weighted by Gasteiger charge is 2.69. The molecule has 8 atom stereocenters. The third kappa shape index (κ3) is 1.30. The summed E-state index contributed by atoms with van der Waals surface area (Å²) in [5.41, 5.74) is 5.76. The lowest BCUT2D eigenvalue weighted by Gasteiger charge is -2.44. The van der Waals surface area contributed by atoms with Gasteiger partial charge in [-0.05, 0) is 80.6 Å². The van der Waals surface area contributed by atoms with E-state index < -0.39 is 0 Å². The van der Waals surface area contributed by atoms with Crippen LogP contribution in [0.4, 0.5) is 0 Å². The average molecular weight is 263 g/mol. The number of hydrogen-bond donors (Lipinski definition) is 1. The lowest BCUT2D eigenvalue weighted by Crippen LogP contribution is -2.45. The maximum Gasteiger partial charge on any atom is 0.311 e. The summed E-state index contributed by atoms with van der Waals surface area (Å²) in [5, 5.41) is 0. The Bertz CT molecular complexity index is 423. The fourth-order valence-electron chi connectivity index (χ4n) is 6.83. The van der Waals surface area contributed by atoms with Gasteiger partial charge >= 0.3 is 5.97 Å². The summed E-state index contributed by atoms with van der Waals surface area (Å²) in [7, 11) is 1.54. The first-order valence-corrected chi connectivity index (χ1v) is 7.88. The Morgan fingerprint density at radius 1 is 1.26 bits per heavy atom. The van der Waals surface area contributed by atoms with Crippen LogP contribution in [0, 0.1) is 46.8 Å². The zero-order chi connectivity index (χ0) is 13.4. The van der Waals surface area contributed by atoms with Gasteiger partial charge in [-0.3, -0.25) is 4.79 Å². The van der Waals surface area contributed by atoms with Crippen molar-refractivity contribution < 1.29 is 9.53 Å². The topological polar surface area (TPSA) is 52.3 Å². The van der Waals surface area contributed by atoms with E-state index in [0.717, 1.165) is 48.5 Å². The molecule has 0 heterocycles. The minimum Gasteiger partial charge on any atom is -0.469 e. The Balaban J connectivity index is 1.64. The fraction of sp³-hybridized carbons (Fsp3) is 0.938. The third-order valence-corrected chi connectivity index (χ3v) is 7.29. The summed E-state index contributed by atoms with van der Waals surface area (Å²) in [5.74, 6) is 5.57. The number of esters is 1. The molecule has 4 aliphatic rings. The standard InChI is InChI=1S/C16H25NO2/c1-16(15(18)19-2)6-9-5-12(16)14-8-3-10(7-17)11(4-8)13(9)14/h8-14H,3-7,17H2,1-2H3. The molecule has 4 saturated carbocycles. The zero-order valence-electron chi connectivity index (χ0n) is 12.0. The van der Waals surface area contributed by atoms with Gasteiger partial charge in [-0.25, -0.2) is 0 Å². The van der Waals surface area contributed by atoms with Crippen molar-refractivity contribution in [3.63, 3.8) is 0 Å². The number of hydrogen-bond acceptors (Lipinski definition) is 3. The van der Waals surface area contributed by atoms with Gasteiger partial charge < -0.3 is 10.5 Å². The van der Waals surface area contributed by atoms with Crippen molar-refractivity contribution in [2.24, 2.45) is 52.6 Å². The van der Waals surface area contributed by atoms with E-state index in [4.69, 9.17) is 10.5 Å². The van der Waals surface area contributed by atoms with Crippen molar-refractivity contribution in [2.75, 3.05) is 13.7 Å². The van der Waals surface area contributed by atoms with Gasteiger partial charge in [-0.15, -0.1) is 0 Å². The van der Waals surface area contributed by atoms with Crippen LogP contribution in [0.1, 0.15) is 32.6 Å². The number of carbonyl (C=O) groups is 1. The molecule has 106 valence electrons. The zero-order valence-corrected chi connectivity index (χ0v) is 12.0. The molecule has 0 amide bonds. The lowest BCUT2D eigenvalue weighted by atomic mass is 9.60. The molecule has 8 unspecified atom stereocenters. The average Bonchev–Trinajstić information content (AvgIpc) is 3.12. The molecular weight excluding hydrogens is 238 g/mol. The van der Waals surface area contributed by atoms with E-state index in [1.807, 2.05) is 0 Å². The van der Waals surface area contributed by atoms with Crippen LogP contribution in [-0.2, 0) is 9.53 Å². The number of rotatable bonds is 2. The van der Waals surface area contributed by atoms with Crippen LogP contribution in [0.2, 0.25) is 0 Å². The Hall–Kier alpha value is -0.570. The lowest BCUT2D eigenvalue weighted by molar-refractivity contribution is -0.158. The van der Waals surface area contributed by atoms with E-state index in [0.29, 0.717) is 5.92 Å². The molecule has 0 aliphatic heterocycles. The predicted octanol–water partition coefficient (Wildman–Crippen LogP) is 2.05. The molecule has 0 aromatic carbocycles. The van der Waals surface area contributed by atoms with Crippen LogP contribution < -0.4 is 5.73 Å². The summed E-state index contributed by atoms with van der Waals surface area (Å²) in [6.07, 6.45) is 5.04. The maximum atomic E-state index is 12.2. The van der Waals surface area contributed by atoms with Crippen molar-refractivity contribution in [2.45, 2.75) is 32.6 Å². The van der Waals surface area contributed by atoms with E-state index in [1.54, 1.807) is 7.11 Å². The highest BCUT2D eigenvalue weighted by Crippen LogP contribution is 2.72. The summed E-state index contributed by atoms with van der Waals surface area (Å²) in [6, 6.07) is 0. The van der Waals surface area contributed by atoms with Crippen LogP contribution in [0.3, 0.4) is 0 Å². The van der Waals surface area contributed by atoms with Gasteiger partial charge in [0.2, 0.25) is 0 Å². The quantitative estimate of drug-likeness (QED) is 0.613. The minimum atomic E-state index is -0.191. The summed E-state index contributed by atoms with van der Waals surface area (Å²) < 4.78 is 5.10. The van der Waals surface area contributed by atoms with Crippen molar-refractivity contribution in [3.05, 3.63) is 0 Å². The molecule has 0 radical (unpaired) electrons. The van der Waals surface area contributed by atoms with Crippen LogP contribution in [-0.4, -0.2) is 19.6 Å². The molecule has 19 heavy (non-hydrogen) atoms. The Labute approximate surface area is 115 Å². The van der Waals surface area contributed by atoms with Gasteiger partial charge in [-0.1, -0.05) is 0 Å². The molecule has 3 nitrogen and oxygen atoms in total. The van der Waals surface area contributed by atoms with Gasteiger partial charge in [0, 0.05) is 0 Å². The van der Waals surface area contributed by atoms with Gasteiger partial charge in [0.1, 0.15) is 0 Å². The number of methoxy groups -OCH3 is 1. The van der Waals surface area contributed by atoms with Crippen molar-refractivity contribution in [3.8, 4) is 0 Å². The second kappa shape index (κ2) is 3.75. The predicted molar refractivity (Wildman–Crippen MR) is 72.1 cm³/mol. The van der Waals surface area contributed by atoms with Crippen LogP contribution in [0.25, 0.3) is 0 Å². The highest BCUT2D eigenvalue weighted by atomic mass is 16.5. The maximum absolute atomic E-state index is 12.2. The van der Waals surface area contributed by atoms with E-state index in [1.165, 1.54) is 19.3 Å². The Morgan fingerprint density at radius 2 is 2.05 bits per heavy atom. The molecule has 3 heteroatoms. The molecule has 0 saturated heterocycles. The van der Waals surface area contributed by atoms with E-state index in [9.17, 15) is 4.79 Å².